The SMILES string of the molecule is CC(=NOCc1ccccc1)c1ccc(C)c(OCc2c(C)cccc2-n2nnn(C)c2=O)c1. The number of rotatable bonds is 8. The number of hydrogen-bond donors (Lipinski definition) is 0. The lowest BCUT2D eigenvalue weighted by Crippen LogP contribution is -2.23. The summed E-state index contributed by atoms with van der Waals surface area (Å²) in [6, 6.07) is 21.5. The van der Waals surface area contributed by atoms with Gasteiger partial charge in [-0.3, -0.25) is 0 Å². The van der Waals surface area contributed by atoms with Crippen LogP contribution in [0.25, 0.3) is 5.69 Å². The summed E-state index contributed by atoms with van der Waals surface area (Å²) >= 11 is 0. The molecular weight excluding hydrogens is 430 g/mol. The van der Waals surface area contributed by atoms with E-state index in [9.17, 15) is 4.79 Å². The molecule has 4 rings (SSSR count). The van der Waals surface area contributed by atoms with Crippen LogP contribution in [0, 0.1) is 13.8 Å². The van der Waals surface area contributed by atoms with Crippen molar-refractivity contribution in [3.8, 4) is 11.4 Å². The van der Waals surface area contributed by atoms with Gasteiger partial charge in [0.2, 0.25) is 0 Å². The first-order chi connectivity index (χ1) is 16.4. The van der Waals surface area contributed by atoms with Gasteiger partial charge in [0, 0.05) is 18.2 Å². The molecule has 0 fully saturated rings. The van der Waals surface area contributed by atoms with Crippen LogP contribution in [-0.2, 0) is 25.1 Å². The Morgan fingerprint density at radius 1 is 0.941 bits per heavy atom. The van der Waals surface area contributed by atoms with Crippen molar-refractivity contribution in [1.82, 2.24) is 19.8 Å². The summed E-state index contributed by atoms with van der Waals surface area (Å²) in [4.78, 5) is 17.9. The molecule has 0 unspecified atom stereocenters. The van der Waals surface area contributed by atoms with E-state index in [0.717, 1.165) is 39.3 Å². The molecule has 1 aromatic heterocycles. The molecule has 3 aromatic carbocycles. The van der Waals surface area contributed by atoms with Crippen LogP contribution in [0.15, 0.2) is 76.7 Å². The third kappa shape index (κ3) is 5.06. The zero-order valence-corrected chi connectivity index (χ0v) is 19.7. The predicted molar refractivity (Wildman–Crippen MR) is 130 cm³/mol. The lowest BCUT2D eigenvalue weighted by molar-refractivity contribution is 0.130. The van der Waals surface area contributed by atoms with Gasteiger partial charge < -0.3 is 9.57 Å². The summed E-state index contributed by atoms with van der Waals surface area (Å²) in [6.45, 7) is 6.55. The molecule has 8 heteroatoms. The Morgan fingerprint density at radius 3 is 2.47 bits per heavy atom. The van der Waals surface area contributed by atoms with E-state index in [0.29, 0.717) is 12.3 Å². The molecule has 0 spiro atoms. The average Bonchev–Trinajstić information content (AvgIpc) is 3.17. The van der Waals surface area contributed by atoms with Crippen molar-refractivity contribution in [3.63, 3.8) is 0 Å². The zero-order valence-electron chi connectivity index (χ0n) is 19.7. The molecule has 34 heavy (non-hydrogen) atoms. The minimum Gasteiger partial charge on any atom is -0.489 e. The molecule has 0 aliphatic carbocycles. The van der Waals surface area contributed by atoms with Crippen molar-refractivity contribution in [3.05, 3.63) is 105 Å². The molecule has 0 saturated heterocycles. The molecule has 1 heterocycles. The fraction of sp³-hybridized carbons (Fsp3) is 0.231. The maximum Gasteiger partial charge on any atom is 0.368 e. The third-order valence-electron chi connectivity index (χ3n) is 5.59. The van der Waals surface area contributed by atoms with Crippen LogP contribution in [0.2, 0.25) is 0 Å². The second kappa shape index (κ2) is 10.2. The molecule has 0 aliphatic rings. The number of aromatic nitrogens is 4. The highest BCUT2D eigenvalue weighted by atomic mass is 16.6. The fourth-order valence-corrected chi connectivity index (χ4v) is 3.50. The Balaban J connectivity index is 1.52. The van der Waals surface area contributed by atoms with Crippen LogP contribution in [0.3, 0.4) is 0 Å². The topological polar surface area (TPSA) is 83.5 Å². The predicted octanol–water partition coefficient (Wildman–Crippen LogP) is 4.10. The summed E-state index contributed by atoms with van der Waals surface area (Å²) in [5, 5.41) is 12.1. The highest BCUT2D eigenvalue weighted by molar-refractivity contribution is 5.98. The van der Waals surface area contributed by atoms with Gasteiger partial charge in [-0.1, -0.05) is 59.8 Å². The molecule has 0 N–H and O–H groups in total. The van der Waals surface area contributed by atoms with Crippen LogP contribution in [-0.4, -0.2) is 25.5 Å². The number of benzene rings is 3. The van der Waals surface area contributed by atoms with Gasteiger partial charge in [-0.15, -0.1) is 0 Å². The van der Waals surface area contributed by atoms with Gasteiger partial charge in [0.25, 0.3) is 0 Å². The van der Waals surface area contributed by atoms with E-state index in [1.54, 1.807) is 7.05 Å². The Hall–Kier alpha value is -4.20. The van der Waals surface area contributed by atoms with E-state index in [2.05, 4.69) is 15.6 Å². The van der Waals surface area contributed by atoms with Crippen LogP contribution in [0.5, 0.6) is 5.75 Å². The van der Waals surface area contributed by atoms with Gasteiger partial charge in [-0.05, 0) is 60.0 Å². The van der Waals surface area contributed by atoms with Crippen molar-refractivity contribution in [2.24, 2.45) is 12.2 Å². The Labute approximate surface area is 198 Å². The molecule has 0 saturated carbocycles. The number of aryl methyl sites for hydroxylation is 3. The second-order valence-electron chi connectivity index (χ2n) is 8.07. The molecule has 0 aliphatic heterocycles. The smallest absolute Gasteiger partial charge is 0.368 e. The van der Waals surface area contributed by atoms with Gasteiger partial charge in [0.1, 0.15) is 19.0 Å². The van der Waals surface area contributed by atoms with E-state index >= 15 is 0 Å². The number of nitrogens with zero attached hydrogens (tertiary/aromatic N) is 5. The normalized spacial score (nSPS) is 11.5. The van der Waals surface area contributed by atoms with Crippen molar-refractivity contribution < 1.29 is 9.57 Å². The van der Waals surface area contributed by atoms with Gasteiger partial charge >= 0.3 is 5.69 Å². The minimum atomic E-state index is -0.313. The van der Waals surface area contributed by atoms with Gasteiger partial charge in [0.15, 0.2) is 0 Å². The molecule has 0 atom stereocenters. The molecule has 4 aromatic rings. The average molecular weight is 458 g/mol. The Bertz CT molecular complexity index is 1370. The highest BCUT2D eigenvalue weighted by Gasteiger charge is 2.14. The molecule has 174 valence electrons. The largest absolute Gasteiger partial charge is 0.489 e. The molecule has 8 nitrogen and oxygen atoms in total. The maximum absolute atomic E-state index is 12.4. The highest BCUT2D eigenvalue weighted by Crippen LogP contribution is 2.24. The van der Waals surface area contributed by atoms with E-state index in [-0.39, 0.29) is 12.3 Å². The first-order valence-electron chi connectivity index (χ1n) is 11.0. The standard InChI is InChI=1S/C26H27N5O3/c1-18-9-8-12-24(31-26(32)30(4)28-29-31)23(18)17-33-25-15-22(14-13-19(25)2)20(3)27-34-16-21-10-6-5-7-11-21/h5-15H,16-17H2,1-4H3. The summed E-state index contributed by atoms with van der Waals surface area (Å²) in [6.07, 6.45) is 0. The van der Waals surface area contributed by atoms with Crippen molar-refractivity contribution in [2.45, 2.75) is 34.0 Å². The first kappa shape index (κ1) is 23.0. The second-order valence-corrected chi connectivity index (χ2v) is 8.07. The summed E-state index contributed by atoms with van der Waals surface area (Å²) < 4.78 is 8.70. The third-order valence-corrected chi connectivity index (χ3v) is 5.59. The minimum absolute atomic E-state index is 0.274. The number of ether oxygens (including phenoxy) is 1. The number of tetrazole rings is 1. The van der Waals surface area contributed by atoms with E-state index in [1.165, 1.54) is 9.36 Å². The first-order valence-corrected chi connectivity index (χ1v) is 11.0. The van der Waals surface area contributed by atoms with Crippen molar-refractivity contribution >= 4 is 5.71 Å². The molecule has 0 amide bonds. The zero-order chi connectivity index (χ0) is 24.1. The summed E-state index contributed by atoms with van der Waals surface area (Å²) in [7, 11) is 1.57. The molecular formula is C26H27N5O3. The van der Waals surface area contributed by atoms with E-state index in [1.807, 2.05) is 87.5 Å². The molecule has 0 bridgehead atoms. The summed E-state index contributed by atoms with van der Waals surface area (Å²) in [5.41, 5.74) is 5.91. The summed E-state index contributed by atoms with van der Waals surface area (Å²) in [5.74, 6) is 0.732. The van der Waals surface area contributed by atoms with Gasteiger partial charge in [-0.2, -0.15) is 9.36 Å². The van der Waals surface area contributed by atoms with Gasteiger partial charge in [-0.25, -0.2) is 4.79 Å². The van der Waals surface area contributed by atoms with Crippen LogP contribution < -0.4 is 10.4 Å². The van der Waals surface area contributed by atoms with E-state index in [4.69, 9.17) is 9.57 Å². The fourth-order valence-electron chi connectivity index (χ4n) is 3.50. The quantitative estimate of drug-likeness (QED) is 0.294. The molecule has 0 radical (unpaired) electrons. The number of oxime groups is 1. The van der Waals surface area contributed by atoms with Crippen LogP contribution in [0.4, 0.5) is 0 Å². The Morgan fingerprint density at radius 2 is 1.74 bits per heavy atom. The maximum atomic E-state index is 12.4. The van der Waals surface area contributed by atoms with Crippen molar-refractivity contribution in [1.29, 1.82) is 0 Å². The van der Waals surface area contributed by atoms with Crippen LogP contribution in [0.1, 0.15) is 34.7 Å². The van der Waals surface area contributed by atoms with Gasteiger partial charge in [0.05, 0.1) is 11.4 Å². The Kier molecular flexibility index (Phi) is 6.87. The lowest BCUT2D eigenvalue weighted by atomic mass is 10.1. The number of hydrogen-bond acceptors (Lipinski definition) is 6. The monoisotopic (exact) mass is 457 g/mol. The van der Waals surface area contributed by atoms with E-state index < -0.39 is 0 Å². The van der Waals surface area contributed by atoms with Crippen molar-refractivity contribution in [2.75, 3.05) is 0 Å². The lowest BCUT2D eigenvalue weighted by Gasteiger charge is -2.15. The van der Waals surface area contributed by atoms with Crippen LogP contribution >= 0.6 is 0 Å².